The molecular formula is C25H23N3O3. The van der Waals surface area contributed by atoms with Crippen molar-refractivity contribution in [2.24, 2.45) is 5.10 Å². The van der Waals surface area contributed by atoms with Crippen LogP contribution in [0.1, 0.15) is 32.6 Å². The molecule has 0 unspecified atom stereocenters. The van der Waals surface area contributed by atoms with E-state index in [4.69, 9.17) is 9.47 Å². The fourth-order valence-electron chi connectivity index (χ4n) is 3.93. The predicted octanol–water partition coefficient (Wildman–Crippen LogP) is 3.74. The molecule has 1 N–H and O–H groups in total. The molecule has 2 aliphatic rings. The van der Waals surface area contributed by atoms with Crippen LogP contribution in [0.5, 0.6) is 11.5 Å². The van der Waals surface area contributed by atoms with Crippen LogP contribution in [0.3, 0.4) is 0 Å². The van der Waals surface area contributed by atoms with Gasteiger partial charge in [-0.15, -0.1) is 0 Å². The lowest BCUT2D eigenvalue weighted by Gasteiger charge is -2.28. The smallest absolute Gasteiger partial charge is 0.271 e. The second-order valence-electron chi connectivity index (χ2n) is 7.74. The second-order valence-corrected chi connectivity index (χ2v) is 7.74. The molecule has 156 valence electrons. The first-order valence-electron chi connectivity index (χ1n) is 10.4. The Balaban J connectivity index is 1.16. The first-order chi connectivity index (χ1) is 15.2. The number of hydrazone groups is 1. The Morgan fingerprint density at radius 2 is 1.81 bits per heavy atom. The third-order valence-corrected chi connectivity index (χ3v) is 5.61. The summed E-state index contributed by atoms with van der Waals surface area (Å²) in [6.07, 6.45) is 2.67. The van der Waals surface area contributed by atoms with Crippen LogP contribution in [0.4, 0.5) is 0 Å². The molecule has 0 aromatic heterocycles. The van der Waals surface area contributed by atoms with Gasteiger partial charge in [-0.1, -0.05) is 36.4 Å². The van der Waals surface area contributed by atoms with Gasteiger partial charge < -0.3 is 9.47 Å². The maximum absolute atomic E-state index is 12.4. The Morgan fingerprint density at radius 1 is 1.00 bits per heavy atom. The number of fused-ring (bicyclic) bond motifs is 2. The molecular weight excluding hydrogens is 390 g/mol. The summed E-state index contributed by atoms with van der Waals surface area (Å²) in [5.41, 5.74) is 8.03. The Morgan fingerprint density at radius 3 is 2.68 bits per heavy atom. The van der Waals surface area contributed by atoms with Crippen molar-refractivity contribution in [3.05, 3.63) is 94.5 Å². The van der Waals surface area contributed by atoms with Gasteiger partial charge in [0.25, 0.3) is 5.91 Å². The van der Waals surface area contributed by atoms with E-state index in [1.54, 1.807) is 6.21 Å². The second kappa shape index (κ2) is 8.62. The Bertz CT molecular complexity index is 1130. The molecule has 0 radical (unpaired) electrons. The topological polar surface area (TPSA) is 63.2 Å². The molecule has 0 atom stereocenters. The first-order valence-corrected chi connectivity index (χ1v) is 10.4. The number of hydrogen-bond donors (Lipinski definition) is 1. The average molecular weight is 413 g/mol. The minimum atomic E-state index is -0.240. The van der Waals surface area contributed by atoms with E-state index in [0.717, 1.165) is 37.4 Å². The summed E-state index contributed by atoms with van der Waals surface area (Å²) < 4.78 is 10.6. The van der Waals surface area contributed by atoms with Crippen molar-refractivity contribution >= 4 is 12.1 Å². The van der Waals surface area contributed by atoms with Gasteiger partial charge in [-0.25, -0.2) is 5.43 Å². The summed E-state index contributed by atoms with van der Waals surface area (Å²) in [6, 6.07) is 21.9. The van der Waals surface area contributed by atoms with E-state index in [-0.39, 0.29) is 12.7 Å². The SMILES string of the molecule is O=C(NN=Cc1ccc2c(c1)OCO2)c1ccc(CN2CCc3ccccc3C2)cc1. The monoisotopic (exact) mass is 413 g/mol. The highest BCUT2D eigenvalue weighted by Gasteiger charge is 2.16. The highest BCUT2D eigenvalue weighted by molar-refractivity contribution is 5.95. The van der Waals surface area contributed by atoms with Gasteiger partial charge >= 0.3 is 0 Å². The number of ether oxygens (including phenoxy) is 2. The fourth-order valence-corrected chi connectivity index (χ4v) is 3.93. The van der Waals surface area contributed by atoms with Crippen LogP contribution < -0.4 is 14.9 Å². The summed E-state index contributed by atoms with van der Waals surface area (Å²) in [4.78, 5) is 14.8. The average Bonchev–Trinajstić information content (AvgIpc) is 3.27. The van der Waals surface area contributed by atoms with Gasteiger partial charge in [0.15, 0.2) is 11.5 Å². The maximum Gasteiger partial charge on any atom is 0.271 e. The molecule has 1 amide bonds. The summed E-state index contributed by atoms with van der Waals surface area (Å²) in [5, 5.41) is 4.05. The molecule has 0 aliphatic carbocycles. The van der Waals surface area contributed by atoms with Crippen molar-refractivity contribution in [3.8, 4) is 11.5 Å². The number of amides is 1. The van der Waals surface area contributed by atoms with E-state index in [2.05, 4.69) is 39.7 Å². The lowest BCUT2D eigenvalue weighted by Crippen LogP contribution is -2.30. The van der Waals surface area contributed by atoms with Gasteiger partial charge in [-0.3, -0.25) is 9.69 Å². The van der Waals surface area contributed by atoms with Crippen LogP contribution >= 0.6 is 0 Å². The maximum atomic E-state index is 12.4. The minimum Gasteiger partial charge on any atom is -0.454 e. The zero-order valence-corrected chi connectivity index (χ0v) is 17.1. The Labute approximate surface area is 181 Å². The van der Waals surface area contributed by atoms with Crippen molar-refractivity contribution in [2.75, 3.05) is 13.3 Å². The van der Waals surface area contributed by atoms with E-state index in [9.17, 15) is 4.79 Å². The quantitative estimate of drug-likeness (QED) is 0.511. The first kappa shape index (κ1) is 19.3. The fraction of sp³-hybridized carbons (Fsp3) is 0.200. The van der Waals surface area contributed by atoms with Crippen molar-refractivity contribution in [1.29, 1.82) is 0 Å². The van der Waals surface area contributed by atoms with E-state index in [1.165, 1.54) is 16.7 Å². The highest BCUT2D eigenvalue weighted by atomic mass is 16.7. The number of rotatable bonds is 5. The predicted molar refractivity (Wildman–Crippen MR) is 118 cm³/mol. The molecule has 0 saturated carbocycles. The minimum absolute atomic E-state index is 0.230. The summed E-state index contributed by atoms with van der Waals surface area (Å²) in [5.74, 6) is 1.16. The third kappa shape index (κ3) is 4.44. The summed E-state index contributed by atoms with van der Waals surface area (Å²) >= 11 is 0. The van der Waals surface area contributed by atoms with E-state index >= 15 is 0 Å². The van der Waals surface area contributed by atoms with Crippen LogP contribution in [-0.2, 0) is 19.5 Å². The molecule has 3 aromatic carbocycles. The molecule has 0 spiro atoms. The molecule has 0 bridgehead atoms. The molecule has 6 nitrogen and oxygen atoms in total. The summed E-state index contributed by atoms with van der Waals surface area (Å²) in [6.45, 7) is 3.12. The van der Waals surface area contributed by atoms with Crippen LogP contribution in [0.2, 0.25) is 0 Å². The van der Waals surface area contributed by atoms with E-state index in [0.29, 0.717) is 11.3 Å². The molecule has 3 aromatic rings. The van der Waals surface area contributed by atoms with Crippen LogP contribution in [-0.4, -0.2) is 30.4 Å². The van der Waals surface area contributed by atoms with Gasteiger partial charge in [0.2, 0.25) is 6.79 Å². The van der Waals surface area contributed by atoms with Crippen molar-refractivity contribution < 1.29 is 14.3 Å². The van der Waals surface area contributed by atoms with E-state index in [1.807, 2.05) is 42.5 Å². The number of hydrogen-bond acceptors (Lipinski definition) is 5. The number of carbonyl (C=O) groups excluding carboxylic acids is 1. The Hall–Kier alpha value is -3.64. The zero-order valence-electron chi connectivity index (χ0n) is 17.1. The van der Waals surface area contributed by atoms with Gasteiger partial charge in [0.05, 0.1) is 6.21 Å². The number of nitrogens with zero attached hydrogens (tertiary/aromatic N) is 2. The third-order valence-electron chi connectivity index (χ3n) is 5.61. The highest BCUT2D eigenvalue weighted by Crippen LogP contribution is 2.32. The molecule has 0 saturated heterocycles. The molecule has 5 rings (SSSR count). The lowest BCUT2D eigenvalue weighted by molar-refractivity contribution is 0.0955. The van der Waals surface area contributed by atoms with Crippen molar-refractivity contribution in [2.45, 2.75) is 19.5 Å². The van der Waals surface area contributed by atoms with Gasteiger partial charge in [-0.2, -0.15) is 5.10 Å². The molecule has 6 heteroatoms. The number of nitrogens with one attached hydrogen (secondary N) is 1. The van der Waals surface area contributed by atoms with Crippen LogP contribution in [0, 0.1) is 0 Å². The Kier molecular flexibility index (Phi) is 5.37. The van der Waals surface area contributed by atoms with Gasteiger partial charge in [0.1, 0.15) is 0 Å². The van der Waals surface area contributed by atoms with Crippen LogP contribution in [0.25, 0.3) is 0 Å². The summed E-state index contributed by atoms with van der Waals surface area (Å²) in [7, 11) is 0. The molecule has 2 aliphatic heterocycles. The largest absolute Gasteiger partial charge is 0.454 e. The van der Waals surface area contributed by atoms with Gasteiger partial charge in [0, 0.05) is 25.2 Å². The van der Waals surface area contributed by atoms with Crippen molar-refractivity contribution in [3.63, 3.8) is 0 Å². The van der Waals surface area contributed by atoms with Gasteiger partial charge in [-0.05, 0) is 59.0 Å². The standard InChI is InChI=1S/C25H23N3O3/c29-25(27-26-14-19-7-10-23-24(13-19)31-17-30-23)21-8-5-18(6-9-21)15-28-12-11-20-3-1-2-4-22(20)16-28/h1-10,13-14H,11-12,15-17H2,(H,27,29). The van der Waals surface area contributed by atoms with Crippen LogP contribution in [0.15, 0.2) is 71.8 Å². The zero-order chi connectivity index (χ0) is 21.0. The number of benzene rings is 3. The van der Waals surface area contributed by atoms with E-state index < -0.39 is 0 Å². The molecule has 31 heavy (non-hydrogen) atoms. The molecule has 0 fully saturated rings. The molecule has 2 heterocycles. The van der Waals surface area contributed by atoms with Crippen molar-refractivity contribution in [1.82, 2.24) is 10.3 Å². The lowest BCUT2D eigenvalue weighted by atomic mass is 9.99. The normalized spacial score (nSPS) is 15.1. The number of carbonyl (C=O) groups is 1.